The van der Waals surface area contributed by atoms with Crippen molar-refractivity contribution in [3.8, 4) is 0 Å². The van der Waals surface area contributed by atoms with Crippen LogP contribution in [-0.2, 0) is 0 Å². The van der Waals surface area contributed by atoms with E-state index < -0.39 is 10.2 Å². The van der Waals surface area contributed by atoms with Gasteiger partial charge in [-0.2, -0.15) is 0 Å². The highest BCUT2D eigenvalue weighted by molar-refractivity contribution is 5.46. The second-order valence-electron chi connectivity index (χ2n) is 0.642. The van der Waals surface area contributed by atoms with E-state index >= 15 is 0 Å². The number of nitrogens with one attached hydrogen (secondary N) is 1. The van der Waals surface area contributed by atoms with Crippen molar-refractivity contribution in [3.05, 3.63) is 20.2 Å². The Labute approximate surface area is 59.6 Å². The van der Waals surface area contributed by atoms with Crippen LogP contribution in [0, 0.1) is 25.6 Å². The molecule has 0 aliphatic rings. The Kier molecular flexibility index (Phi) is 22.7. The van der Waals surface area contributed by atoms with Gasteiger partial charge < -0.3 is 16.1 Å². The molecule has 11 heavy (non-hydrogen) atoms. The van der Waals surface area contributed by atoms with E-state index in [0.717, 1.165) is 6.34 Å². The van der Waals surface area contributed by atoms with Crippen LogP contribution in [0.5, 0.6) is 0 Å². The molecule has 0 aromatic carbocycles. The molecule has 10 heteroatoms. The molecule has 0 heterocycles. The van der Waals surface area contributed by atoms with Crippen LogP contribution in [0.2, 0.25) is 0 Å². The van der Waals surface area contributed by atoms with Gasteiger partial charge in [-0.15, -0.1) is 20.2 Å². The molecule has 0 atom stereocenters. The zero-order valence-corrected chi connectivity index (χ0v) is 5.08. The molecular weight excluding hydrogens is 164 g/mol. The SMILES string of the molecule is N=CN.O=[N+]([O-])O.O=[N+]([O-])O. The molecule has 0 aromatic rings. The lowest BCUT2D eigenvalue weighted by Crippen LogP contribution is -1.81. The normalized spacial score (nSPS) is 5.45. The van der Waals surface area contributed by atoms with E-state index in [2.05, 4.69) is 5.73 Å². The summed E-state index contributed by atoms with van der Waals surface area (Å²) in [6.45, 7) is 0. The van der Waals surface area contributed by atoms with Crippen molar-refractivity contribution in [2.75, 3.05) is 0 Å². The first-order valence-corrected chi connectivity index (χ1v) is 1.75. The van der Waals surface area contributed by atoms with Crippen molar-refractivity contribution in [1.82, 2.24) is 0 Å². The zero-order valence-electron chi connectivity index (χ0n) is 5.08. The van der Waals surface area contributed by atoms with E-state index in [-0.39, 0.29) is 0 Å². The molecule has 0 spiro atoms. The molecule has 66 valence electrons. The first kappa shape index (κ1) is 15.9. The quantitative estimate of drug-likeness (QED) is 0.153. The molecule has 0 rings (SSSR count). The van der Waals surface area contributed by atoms with Gasteiger partial charge in [0.15, 0.2) is 0 Å². The highest BCUT2D eigenvalue weighted by Gasteiger charge is 1.65. The minimum absolute atomic E-state index is 0.750. The number of nitrogens with zero attached hydrogens (tertiary/aromatic N) is 2. The Balaban J connectivity index is -0.0000000886. The van der Waals surface area contributed by atoms with Crippen molar-refractivity contribution in [1.29, 1.82) is 5.41 Å². The molecule has 0 unspecified atom stereocenters. The van der Waals surface area contributed by atoms with E-state index in [1.807, 2.05) is 0 Å². The van der Waals surface area contributed by atoms with Crippen LogP contribution in [0.4, 0.5) is 0 Å². The predicted octanol–water partition coefficient (Wildman–Crippen LogP) is -1.14. The van der Waals surface area contributed by atoms with Crippen molar-refractivity contribution in [3.63, 3.8) is 0 Å². The lowest BCUT2D eigenvalue weighted by Gasteiger charge is -1.56. The van der Waals surface area contributed by atoms with Crippen molar-refractivity contribution < 1.29 is 20.6 Å². The second kappa shape index (κ2) is 15.7. The maximum atomic E-state index is 8.36. The molecule has 0 aromatic heterocycles. The van der Waals surface area contributed by atoms with Crippen molar-refractivity contribution >= 4 is 6.34 Å². The van der Waals surface area contributed by atoms with Crippen LogP contribution in [-0.4, -0.2) is 26.9 Å². The van der Waals surface area contributed by atoms with Crippen molar-refractivity contribution in [2.24, 2.45) is 5.73 Å². The topological polar surface area (TPSA) is 177 Å². The first-order valence-electron chi connectivity index (χ1n) is 1.75. The highest BCUT2D eigenvalue weighted by Crippen LogP contribution is 1.38. The molecule has 0 saturated carbocycles. The summed E-state index contributed by atoms with van der Waals surface area (Å²) >= 11 is 0. The number of rotatable bonds is 0. The second-order valence-corrected chi connectivity index (χ2v) is 0.642. The van der Waals surface area contributed by atoms with Crippen LogP contribution < -0.4 is 5.73 Å². The van der Waals surface area contributed by atoms with Gasteiger partial charge in [0.25, 0.3) is 10.2 Å². The summed E-state index contributed by atoms with van der Waals surface area (Å²) in [6.07, 6.45) is 0.750. The molecule has 0 bridgehead atoms. The molecule has 0 amide bonds. The molecule has 0 aliphatic carbocycles. The minimum Gasteiger partial charge on any atom is -0.390 e. The van der Waals surface area contributed by atoms with Crippen molar-refractivity contribution in [2.45, 2.75) is 0 Å². The molecule has 0 radical (unpaired) electrons. The first-order chi connectivity index (χ1) is 4.88. The zero-order chi connectivity index (χ0) is 9.86. The van der Waals surface area contributed by atoms with Crippen LogP contribution in [0.25, 0.3) is 0 Å². The molecule has 5 N–H and O–H groups in total. The summed E-state index contributed by atoms with van der Waals surface area (Å²) in [6, 6.07) is 0. The third-order valence-electron chi connectivity index (χ3n) is 0. The average Bonchev–Trinajstić information content (AvgIpc) is 1.60. The van der Waals surface area contributed by atoms with Gasteiger partial charge in [-0.3, -0.25) is 5.41 Å². The Morgan fingerprint density at radius 2 is 1.27 bits per heavy atom. The van der Waals surface area contributed by atoms with Gasteiger partial charge >= 0.3 is 0 Å². The average molecular weight is 170 g/mol. The Hall–Kier alpha value is -2.13. The van der Waals surface area contributed by atoms with E-state index in [1.54, 1.807) is 0 Å². The number of hydrogen-bond acceptors (Lipinski definition) is 5. The Bertz CT molecular complexity index is 102. The van der Waals surface area contributed by atoms with E-state index in [9.17, 15) is 0 Å². The summed E-state index contributed by atoms with van der Waals surface area (Å²) in [4.78, 5) is 16.7. The van der Waals surface area contributed by atoms with Gasteiger partial charge in [-0.25, -0.2) is 0 Å². The van der Waals surface area contributed by atoms with Gasteiger partial charge in [0, 0.05) is 0 Å². The standard InChI is InChI=1S/CH4N2.2HNO3/c2-1-3;2*2-1(3)4/h1H,(H3,2,3);2*(H,2,3,4). The fraction of sp³-hybridized carbons (Fsp3) is 0. The van der Waals surface area contributed by atoms with E-state index in [0.29, 0.717) is 0 Å². The van der Waals surface area contributed by atoms with Gasteiger partial charge in [-0.1, -0.05) is 0 Å². The lowest BCUT2D eigenvalue weighted by molar-refractivity contribution is -0.742. The fourth-order valence-corrected chi connectivity index (χ4v) is 0. The van der Waals surface area contributed by atoms with Gasteiger partial charge in [0.05, 0.1) is 6.34 Å². The number of nitrogens with two attached hydrogens (primary N) is 1. The van der Waals surface area contributed by atoms with Gasteiger partial charge in [-0.05, 0) is 0 Å². The molecule has 0 saturated heterocycles. The van der Waals surface area contributed by atoms with Gasteiger partial charge in [0.2, 0.25) is 0 Å². The lowest BCUT2D eigenvalue weighted by atomic mass is 11.4. The number of hydrogen-bond donors (Lipinski definition) is 4. The van der Waals surface area contributed by atoms with Crippen LogP contribution >= 0.6 is 0 Å². The monoisotopic (exact) mass is 170 g/mol. The smallest absolute Gasteiger partial charge is 0.291 e. The van der Waals surface area contributed by atoms with Crippen LogP contribution in [0.15, 0.2) is 0 Å². The fourth-order valence-electron chi connectivity index (χ4n) is 0. The van der Waals surface area contributed by atoms with Crippen LogP contribution in [0.3, 0.4) is 0 Å². The van der Waals surface area contributed by atoms with E-state index in [4.69, 9.17) is 36.1 Å². The summed E-state index contributed by atoms with van der Waals surface area (Å²) < 4.78 is 0. The minimum atomic E-state index is -1.50. The molecule has 0 fully saturated rings. The Morgan fingerprint density at radius 3 is 1.27 bits per heavy atom. The van der Waals surface area contributed by atoms with E-state index in [1.165, 1.54) is 0 Å². The summed E-state index contributed by atoms with van der Waals surface area (Å²) in [5.74, 6) is 0. The third kappa shape index (κ3) is 59.8. The Morgan fingerprint density at radius 1 is 1.27 bits per heavy atom. The highest BCUT2D eigenvalue weighted by atomic mass is 16.9. The molecule has 10 nitrogen and oxygen atoms in total. The molecular formula is CH6N4O6. The maximum absolute atomic E-state index is 8.36. The van der Waals surface area contributed by atoms with Crippen LogP contribution in [0.1, 0.15) is 0 Å². The summed E-state index contributed by atoms with van der Waals surface area (Å²) in [5, 5.41) is 33.1. The third-order valence-corrected chi connectivity index (χ3v) is 0. The predicted molar refractivity (Wildman–Crippen MR) is 30.5 cm³/mol. The molecule has 0 aliphatic heterocycles. The summed E-state index contributed by atoms with van der Waals surface area (Å²) in [5.41, 5.74) is 4.39. The largest absolute Gasteiger partial charge is 0.390 e. The van der Waals surface area contributed by atoms with Gasteiger partial charge in [0.1, 0.15) is 0 Å². The maximum Gasteiger partial charge on any atom is 0.291 e. The summed E-state index contributed by atoms with van der Waals surface area (Å²) in [7, 11) is 0.